The number of allylic oxidation sites excluding steroid dienone is 3. The molecule has 7 nitrogen and oxygen atoms in total. The molecule has 0 aliphatic heterocycles. The van der Waals surface area contributed by atoms with Crippen molar-refractivity contribution < 1.29 is 29.4 Å². The summed E-state index contributed by atoms with van der Waals surface area (Å²) in [6.07, 6.45) is 4.06. The van der Waals surface area contributed by atoms with Gasteiger partial charge in [-0.15, -0.1) is 0 Å². The number of aliphatic hydroxyl groups excluding tert-OH is 1. The first-order valence-electron chi connectivity index (χ1n) is 7.28. The van der Waals surface area contributed by atoms with Gasteiger partial charge in [-0.2, -0.15) is 4.76 Å². The number of Topliss-reactive ketones (excluding diaryl/α,β-unsaturated/α-hetero) is 1. The zero-order valence-corrected chi connectivity index (χ0v) is 13.8. The first kappa shape index (κ1) is 18.1. The average Bonchev–Trinajstić information content (AvgIpc) is 2.48. The number of carbonyl (C=O) groups excluding carboxylic acids is 1. The van der Waals surface area contributed by atoms with E-state index < -0.39 is 19.6 Å². The fourth-order valence-electron chi connectivity index (χ4n) is 2.62. The van der Waals surface area contributed by atoms with Crippen LogP contribution in [-0.4, -0.2) is 31.5 Å². The quantitative estimate of drug-likeness (QED) is 0.604. The van der Waals surface area contributed by atoms with Crippen LogP contribution in [0.1, 0.15) is 24.8 Å². The Kier molecular flexibility index (Phi) is 5.39. The van der Waals surface area contributed by atoms with Gasteiger partial charge in [-0.1, -0.05) is 19.1 Å². The summed E-state index contributed by atoms with van der Waals surface area (Å²) in [6, 6.07) is 6.25. The maximum absolute atomic E-state index is 12.9. The van der Waals surface area contributed by atoms with Gasteiger partial charge in [0.1, 0.15) is 11.5 Å². The summed E-state index contributed by atoms with van der Waals surface area (Å²) < 4.78 is 14.5. The third-order valence-corrected chi connectivity index (χ3v) is 4.15. The van der Waals surface area contributed by atoms with Crippen LogP contribution >= 0.6 is 7.75 Å². The summed E-state index contributed by atoms with van der Waals surface area (Å²) in [5, 5.41) is 19.2. The highest BCUT2D eigenvalue weighted by molar-refractivity contribution is 7.50. The Morgan fingerprint density at radius 3 is 2.58 bits per heavy atom. The number of aliphatic hydroxyl groups is 1. The molecule has 0 saturated heterocycles. The molecule has 1 aliphatic carbocycles. The van der Waals surface area contributed by atoms with Crippen molar-refractivity contribution in [3.8, 4) is 5.75 Å². The highest BCUT2D eigenvalue weighted by Crippen LogP contribution is 2.39. The molecule has 0 bridgehead atoms. The molecule has 0 saturated carbocycles. The molecule has 4 N–H and O–H groups in total. The van der Waals surface area contributed by atoms with Crippen LogP contribution in [0.2, 0.25) is 0 Å². The Bertz CT molecular complexity index is 777. The highest BCUT2D eigenvalue weighted by Gasteiger charge is 2.32. The number of benzene rings is 1. The van der Waals surface area contributed by atoms with E-state index >= 15 is 0 Å². The molecule has 2 rings (SSSR count). The topological polar surface area (TPSA) is 127 Å². The number of nitrogens with zero attached hydrogens (tertiary/aromatic N) is 1. The molecule has 8 heteroatoms. The van der Waals surface area contributed by atoms with Gasteiger partial charge >= 0.3 is 7.75 Å². The van der Waals surface area contributed by atoms with E-state index in [2.05, 4.69) is 4.76 Å². The lowest BCUT2D eigenvalue weighted by Gasteiger charge is -2.22. The van der Waals surface area contributed by atoms with Crippen LogP contribution in [0.5, 0.6) is 5.75 Å². The van der Waals surface area contributed by atoms with Crippen LogP contribution < -0.4 is 0 Å². The number of aromatic hydroxyl groups is 1. The van der Waals surface area contributed by atoms with Gasteiger partial charge in [-0.25, -0.2) is 4.57 Å². The Balaban J connectivity index is 2.42. The van der Waals surface area contributed by atoms with E-state index in [9.17, 15) is 19.6 Å². The number of rotatable bonds is 5. The van der Waals surface area contributed by atoms with E-state index in [1.54, 1.807) is 19.1 Å². The predicted molar refractivity (Wildman–Crippen MR) is 89.0 cm³/mol. The van der Waals surface area contributed by atoms with Crippen LogP contribution in [0.3, 0.4) is 0 Å². The van der Waals surface area contributed by atoms with Crippen LogP contribution in [0.4, 0.5) is 0 Å². The van der Waals surface area contributed by atoms with Crippen molar-refractivity contribution in [1.29, 1.82) is 0 Å². The summed E-state index contributed by atoms with van der Waals surface area (Å²) in [7, 11) is -4.72. The van der Waals surface area contributed by atoms with Crippen molar-refractivity contribution in [3.63, 3.8) is 0 Å². The Morgan fingerprint density at radius 1 is 1.29 bits per heavy atom. The Morgan fingerprint density at radius 2 is 2.00 bits per heavy atom. The Hall–Kier alpha value is -2.21. The second-order valence-corrected chi connectivity index (χ2v) is 6.63. The molecular weight excluding hydrogens is 333 g/mol. The molecule has 0 spiro atoms. The fourth-order valence-corrected chi connectivity index (χ4v) is 3.11. The van der Waals surface area contributed by atoms with Gasteiger partial charge in [0.05, 0.1) is 11.6 Å². The molecule has 1 aromatic rings. The van der Waals surface area contributed by atoms with Gasteiger partial charge in [0.15, 0.2) is 5.78 Å². The van der Waals surface area contributed by atoms with E-state index in [1.165, 1.54) is 30.4 Å². The molecule has 0 fully saturated rings. The minimum Gasteiger partial charge on any atom is -0.508 e. The second kappa shape index (κ2) is 7.13. The first-order valence-corrected chi connectivity index (χ1v) is 8.85. The van der Waals surface area contributed by atoms with Crippen molar-refractivity contribution in [2.45, 2.75) is 19.3 Å². The van der Waals surface area contributed by atoms with Gasteiger partial charge < -0.3 is 20.0 Å². The van der Waals surface area contributed by atoms with E-state index in [-0.39, 0.29) is 23.0 Å². The molecule has 1 aliphatic rings. The number of phenols is 1. The van der Waals surface area contributed by atoms with E-state index in [0.29, 0.717) is 12.0 Å². The molecule has 0 aromatic heterocycles. The molecule has 2 atom stereocenters. The molecule has 0 heterocycles. The summed E-state index contributed by atoms with van der Waals surface area (Å²) >= 11 is 0. The zero-order chi connectivity index (χ0) is 17.9. The predicted octanol–water partition coefficient (Wildman–Crippen LogP) is 2.62. The number of hydrogen-bond acceptors (Lipinski definition) is 4. The number of phenolic OH excluding ortho intramolecular Hbond substituents is 1. The van der Waals surface area contributed by atoms with Crippen LogP contribution in [-0.2, 0) is 9.36 Å². The summed E-state index contributed by atoms with van der Waals surface area (Å²) in [5.74, 6) is -2.21. The smallest absolute Gasteiger partial charge is 0.448 e. The first-order chi connectivity index (χ1) is 11.2. The zero-order valence-electron chi connectivity index (χ0n) is 12.9. The third-order valence-electron chi connectivity index (χ3n) is 3.66. The molecule has 128 valence electrons. The molecule has 24 heavy (non-hydrogen) atoms. The van der Waals surface area contributed by atoms with Crippen molar-refractivity contribution in [3.05, 3.63) is 53.8 Å². The summed E-state index contributed by atoms with van der Waals surface area (Å²) in [4.78, 5) is 31.0. The van der Waals surface area contributed by atoms with Crippen LogP contribution in [0.15, 0.2) is 53.0 Å². The largest absolute Gasteiger partial charge is 0.508 e. The Labute approximate surface area is 138 Å². The lowest BCUT2D eigenvalue weighted by atomic mass is 9.82. The fraction of sp³-hybridized carbons (Fsp3) is 0.250. The lowest BCUT2D eigenvalue weighted by Crippen LogP contribution is -2.28. The molecular formula is C16H18NO6P. The monoisotopic (exact) mass is 351 g/mol. The molecule has 0 radical (unpaired) electrons. The minimum absolute atomic E-state index is 0.0183. The standard InChI is InChI=1S/C16H18NO6P/c1-2-13(10-4-3-5-11(18)8-10)16(20)14-9-12(19)6-7-15(14)17-24(21,22)23/h3-9,13-14,18-19H,2H2,1H3,(H2,21,22,23). The average molecular weight is 351 g/mol. The number of carbonyl (C=O) groups is 1. The normalized spacial score (nSPS) is 20.7. The number of hydrogen-bond donors (Lipinski definition) is 4. The lowest BCUT2D eigenvalue weighted by molar-refractivity contribution is -0.121. The third kappa shape index (κ3) is 4.41. The molecule has 2 unspecified atom stereocenters. The minimum atomic E-state index is -4.72. The summed E-state index contributed by atoms with van der Waals surface area (Å²) in [6.45, 7) is 1.79. The van der Waals surface area contributed by atoms with Gasteiger partial charge in [-0.05, 0) is 42.3 Å². The van der Waals surface area contributed by atoms with Gasteiger partial charge in [-0.3, -0.25) is 4.79 Å². The molecule has 0 amide bonds. The van der Waals surface area contributed by atoms with E-state index in [0.717, 1.165) is 0 Å². The van der Waals surface area contributed by atoms with Gasteiger partial charge in [0.25, 0.3) is 0 Å². The van der Waals surface area contributed by atoms with Crippen molar-refractivity contribution in [2.24, 2.45) is 10.7 Å². The summed E-state index contributed by atoms with van der Waals surface area (Å²) in [5.41, 5.74) is 0.477. The van der Waals surface area contributed by atoms with Gasteiger partial charge in [0.2, 0.25) is 0 Å². The second-order valence-electron chi connectivity index (χ2n) is 5.40. The van der Waals surface area contributed by atoms with Crippen LogP contribution in [0, 0.1) is 5.92 Å². The SMILES string of the molecule is CCC(C(=O)C1C=C(O)C=CC1=NP(=O)(O)O)c1cccc(O)c1. The van der Waals surface area contributed by atoms with Crippen LogP contribution in [0.25, 0.3) is 0 Å². The number of ketones is 1. The van der Waals surface area contributed by atoms with Gasteiger partial charge in [0, 0.05) is 5.92 Å². The van der Waals surface area contributed by atoms with E-state index in [4.69, 9.17) is 9.79 Å². The van der Waals surface area contributed by atoms with Crippen molar-refractivity contribution in [2.75, 3.05) is 0 Å². The van der Waals surface area contributed by atoms with E-state index in [1.807, 2.05) is 0 Å². The maximum Gasteiger partial charge on any atom is 0.448 e. The van der Waals surface area contributed by atoms with Crippen molar-refractivity contribution in [1.82, 2.24) is 0 Å². The molecule has 1 aromatic carbocycles. The maximum atomic E-state index is 12.9. The van der Waals surface area contributed by atoms with Crippen molar-refractivity contribution >= 4 is 19.2 Å². The highest BCUT2D eigenvalue weighted by atomic mass is 31.2.